The van der Waals surface area contributed by atoms with E-state index in [4.69, 9.17) is 4.74 Å². The average Bonchev–Trinajstić information content (AvgIpc) is 2.32. The Morgan fingerprint density at radius 2 is 2.25 bits per heavy atom. The molecule has 1 rings (SSSR count). The van der Waals surface area contributed by atoms with E-state index in [-0.39, 0.29) is 0 Å². The van der Waals surface area contributed by atoms with Crippen LogP contribution in [0.4, 0.5) is 0 Å². The molecule has 0 N–H and O–H groups in total. The Balaban J connectivity index is 2.32. The molecule has 2 heteroatoms. The van der Waals surface area contributed by atoms with Crippen molar-refractivity contribution in [3.63, 3.8) is 0 Å². The molecule has 1 fully saturated rings. The maximum Gasteiger partial charge on any atom is 0.136 e. The Morgan fingerprint density at radius 3 is 3.00 bits per heavy atom. The Labute approximate surface area is 74.3 Å². The van der Waals surface area contributed by atoms with Gasteiger partial charge in [0, 0.05) is 25.6 Å². The fourth-order valence-corrected chi connectivity index (χ4v) is 1.68. The van der Waals surface area contributed by atoms with E-state index in [1.54, 1.807) is 0 Å². The molecule has 1 aliphatic rings. The molecule has 0 radical (unpaired) electrons. The van der Waals surface area contributed by atoms with Crippen molar-refractivity contribution in [1.82, 2.24) is 0 Å². The predicted octanol–water partition coefficient (Wildman–Crippen LogP) is 2.17. The van der Waals surface area contributed by atoms with Crippen molar-refractivity contribution in [1.29, 1.82) is 0 Å². The first-order valence-electron chi connectivity index (χ1n) is 4.95. The fraction of sp³-hybridized carbons (Fsp3) is 0.900. The predicted molar refractivity (Wildman–Crippen MR) is 48.1 cm³/mol. The summed E-state index contributed by atoms with van der Waals surface area (Å²) in [4.78, 5) is 11.5. The molecule has 0 aromatic rings. The lowest BCUT2D eigenvalue weighted by Gasteiger charge is -2.10. The van der Waals surface area contributed by atoms with Gasteiger partial charge in [0.1, 0.15) is 5.78 Å². The van der Waals surface area contributed by atoms with Crippen molar-refractivity contribution in [2.75, 3.05) is 13.2 Å². The van der Waals surface area contributed by atoms with Gasteiger partial charge in [-0.1, -0.05) is 6.92 Å². The first kappa shape index (κ1) is 9.72. The summed E-state index contributed by atoms with van der Waals surface area (Å²) >= 11 is 0. The molecule has 0 aromatic carbocycles. The highest BCUT2D eigenvalue weighted by atomic mass is 16.5. The lowest BCUT2D eigenvalue weighted by molar-refractivity contribution is -0.123. The zero-order valence-electron chi connectivity index (χ0n) is 7.84. The van der Waals surface area contributed by atoms with Crippen molar-refractivity contribution in [2.24, 2.45) is 5.92 Å². The average molecular weight is 170 g/mol. The third kappa shape index (κ3) is 2.94. The van der Waals surface area contributed by atoms with Crippen LogP contribution in [0.5, 0.6) is 0 Å². The maximum atomic E-state index is 11.5. The quantitative estimate of drug-likeness (QED) is 0.649. The van der Waals surface area contributed by atoms with Crippen molar-refractivity contribution in [3.05, 3.63) is 0 Å². The van der Waals surface area contributed by atoms with Crippen molar-refractivity contribution in [3.8, 4) is 0 Å². The van der Waals surface area contributed by atoms with Crippen LogP contribution in [0.25, 0.3) is 0 Å². The zero-order valence-corrected chi connectivity index (χ0v) is 7.84. The van der Waals surface area contributed by atoms with Crippen molar-refractivity contribution >= 4 is 5.78 Å². The molecule has 12 heavy (non-hydrogen) atoms. The number of ketones is 1. The van der Waals surface area contributed by atoms with Crippen LogP contribution >= 0.6 is 0 Å². The van der Waals surface area contributed by atoms with Gasteiger partial charge in [-0.05, 0) is 25.7 Å². The SMILES string of the molecule is CCCC(=O)C1CCCOCC1. The summed E-state index contributed by atoms with van der Waals surface area (Å²) in [5.41, 5.74) is 0. The molecule has 0 bridgehead atoms. The lowest BCUT2D eigenvalue weighted by atomic mass is 9.93. The second-order valence-electron chi connectivity index (χ2n) is 3.46. The fourth-order valence-electron chi connectivity index (χ4n) is 1.68. The number of rotatable bonds is 3. The maximum absolute atomic E-state index is 11.5. The Morgan fingerprint density at radius 1 is 1.42 bits per heavy atom. The first-order valence-corrected chi connectivity index (χ1v) is 4.95. The van der Waals surface area contributed by atoms with Crippen LogP contribution in [0.2, 0.25) is 0 Å². The molecule has 0 aliphatic carbocycles. The summed E-state index contributed by atoms with van der Waals surface area (Å²) in [5, 5.41) is 0. The molecule has 70 valence electrons. The molecule has 0 aromatic heterocycles. The van der Waals surface area contributed by atoms with Gasteiger partial charge in [-0.3, -0.25) is 4.79 Å². The Kier molecular flexibility index (Phi) is 4.30. The first-order chi connectivity index (χ1) is 5.84. The Bertz CT molecular complexity index is 135. The molecule has 1 unspecified atom stereocenters. The summed E-state index contributed by atoms with van der Waals surface area (Å²) in [5.74, 6) is 0.746. The highest BCUT2D eigenvalue weighted by Gasteiger charge is 2.18. The van der Waals surface area contributed by atoms with E-state index in [1.165, 1.54) is 0 Å². The van der Waals surface area contributed by atoms with Crippen molar-refractivity contribution in [2.45, 2.75) is 39.0 Å². The minimum Gasteiger partial charge on any atom is -0.381 e. The van der Waals surface area contributed by atoms with E-state index < -0.39 is 0 Å². The van der Waals surface area contributed by atoms with Gasteiger partial charge >= 0.3 is 0 Å². The molecular weight excluding hydrogens is 152 g/mol. The standard InChI is InChI=1S/C10H18O2/c1-2-4-10(11)9-5-3-7-12-8-6-9/h9H,2-8H2,1H3. The van der Waals surface area contributed by atoms with Gasteiger partial charge in [-0.2, -0.15) is 0 Å². The smallest absolute Gasteiger partial charge is 0.136 e. The van der Waals surface area contributed by atoms with Gasteiger partial charge in [0.25, 0.3) is 0 Å². The molecule has 1 atom stereocenters. The molecule has 0 spiro atoms. The Hall–Kier alpha value is -0.370. The topological polar surface area (TPSA) is 26.3 Å². The van der Waals surface area contributed by atoms with Gasteiger partial charge < -0.3 is 4.74 Å². The van der Waals surface area contributed by atoms with Crippen LogP contribution in [0, 0.1) is 5.92 Å². The summed E-state index contributed by atoms with van der Waals surface area (Å²) in [6.07, 6.45) is 4.78. The minimum atomic E-state index is 0.299. The van der Waals surface area contributed by atoms with E-state index in [0.717, 1.165) is 45.3 Å². The van der Waals surface area contributed by atoms with Gasteiger partial charge in [0.15, 0.2) is 0 Å². The highest BCUT2D eigenvalue weighted by Crippen LogP contribution is 2.18. The van der Waals surface area contributed by atoms with Crippen LogP contribution in [0.15, 0.2) is 0 Å². The molecular formula is C10H18O2. The molecule has 1 heterocycles. The highest BCUT2D eigenvalue weighted by molar-refractivity contribution is 5.80. The third-order valence-corrected chi connectivity index (χ3v) is 2.40. The van der Waals surface area contributed by atoms with Gasteiger partial charge in [0.05, 0.1) is 0 Å². The molecule has 0 saturated carbocycles. The van der Waals surface area contributed by atoms with E-state index in [9.17, 15) is 4.79 Å². The van der Waals surface area contributed by atoms with Crippen LogP contribution in [0.3, 0.4) is 0 Å². The van der Waals surface area contributed by atoms with Crippen LogP contribution < -0.4 is 0 Å². The van der Waals surface area contributed by atoms with E-state index in [2.05, 4.69) is 6.92 Å². The van der Waals surface area contributed by atoms with Gasteiger partial charge in [0.2, 0.25) is 0 Å². The number of ether oxygens (including phenoxy) is 1. The molecule has 2 nitrogen and oxygen atoms in total. The second kappa shape index (κ2) is 5.31. The minimum absolute atomic E-state index is 0.299. The van der Waals surface area contributed by atoms with Crippen LogP contribution in [0.1, 0.15) is 39.0 Å². The monoisotopic (exact) mass is 170 g/mol. The largest absolute Gasteiger partial charge is 0.381 e. The zero-order chi connectivity index (χ0) is 8.81. The van der Waals surface area contributed by atoms with Crippen molar-refractivity contribution < 1.29 is 9.53 Å². The summed E-state index contributed by atoms with van der Waals surface area (Å²) < 4.78 is 5.30. The number of carbonyl (C=O) groups is 1. The third-order valence-electron chi connectivity index (χ3n) is 2.40. The number of Topliss-reactive ketones (excluding diaryl/α,β-unsaturated/α-hetero) is 1. The van der Waals surface area contributed by atoms with Gasteiger partial charge in [-0.25, -0.2) is 0 Å². The second-order valence-corrected chi connectivity index (χ2v) is 3.46. The normalized spacial score (nSPS) is 24.9. The molecule has 0 amide bonds. The molecule has 1 saturated heterocycles. The number of hydrogen-bond acceptors (Lipinski definition) is 2. The van der Waals surface area contributed by atoms with Crippen LogP contribution in [-0.4, -0.2) is 19.0 Å². The summed E-state index contributed by atoms with van der Waals surface area (Å²) in [7, 11) is 0. The van der Waals surface area contributed by atoms with E-state index in [1.807, 2.05) is 0 Å². The summed E-state index contributed by atoms with van der Waals surface area (Å²) in [6.45, 7) is 3.68. The van der Waals surface area contributed by atoms with Gasteiger partial charge in [-0.15, -0.1) is 0 Å². The molecule has 1 aliphatic heterocycles. The number of hydrogen-bond donors (Lipinski definition) is 0. The van der Waals surface area contributed by atoms with E-state index in [0.29, 0.717) is 11.7 Å². The van der Waals surface area contributed by atoms with E-state index >= 15 is 0 Å². The number of carbonyl (C=O) groups excluding carboxylic acids is 1. The van der Waals surface area contributed by atoms with Crippen LogP contribution in [-0.2, 0) is 9.53 Å². The lowest BCUT2D eigenvalue weighted by Crippen LogP contribution is -2.14. The summed E-state index contributed by atoms with van der Waals surface area (Å²) in [6, 6.07) is 0.